The number of unbranched alkanes of at least 4 members (excludes halogenated alkanes) is 1. The average molecular weight is 184 g/mol. The minimum absolute atomic E-state index is 0.153. The number of rotatable bonds is 5. The average Bonchev–Trinajstić information content (AvgIpc) is 2.65. The van der Waals surface area contributed by atoms with Crippen LogP contribution in [0, 0.1) is 0 Å². The summed E-state index contributed by atoms with van der Waals surface area (Å²) in [4.78, 5) is 11.2. The molecule has 6 heteroatoms. The second-order valence-electron chi connectivity index (χ2n) is 2.54. The van der Waals surface area contributed by atoms with E-state index in [0.717, 1.165) is 6.42 Å². The third-order valence-electron chi connectivity index (χ3n) is 1.52. The van der Waals surface area contributed by atoms with Crippen molar-refractivity contribution in [2.45, 2.75) is 12.8 Å². The predicted octanol–water partition coefficient (Wildman–Crippen LogP) is -0.693. The van der Waals surface area contributed by atoms with E-state index in [2.05, 4.69) is 20.7 Å². The number of nitrogens with zero attached hydrogens (tertiary/aromatic N) is 2. The zero-order valence-corrected chi connectivity index (χ0v) is 7.16. The van der Waals surface area contributed by atoms with E-state index in [0.29, 0.717) is 13.0 Å². The van der Waals surface area contributed by atoms with Crippen molar-refractivity contribution in [3.05, 3.63) is 11.9 Å². The molecule has 0 saturated heterocycles. The lowest BCUT2D eigenvalue weighted by Gasteiger charge is -2.00. The largest absolute Gasteiger partial charge is 0.396 e. The van der Waals surface area contributed by atoms with Crippen LogP contribution in [0.25, 0.3) is 0 Å². The molecule has 0 radical (unpaired) electrons. The molecule has 13 heavy (non-hydrogen) atoms. The van der Waals surface area contributed by atoms with E-state index < -0.39 is 0 Å². The van der Waals surface area contributed by atoms with Crippen LogP contribution >= 0.6 is 0 Å². The Morgan fingerprint density at radius 1 is 1.62 bits per heavy atom. The van der Waals surface area contributed by atoms with Gasteiger partial charge >= 0.3 is 0 Å². The molecule has 72 valence electrons. The van der Waals surface area contributed by atoms with Gasteiger partial charge in [-0.3, -0.25) is 4.79 Å². The summed E-state index contributed by atoms with van der Waals surface area (Å²) in [7, 11) is 0. The summed E-state index contributed by atoms with van der Waals surface area (Å²) < 4.78 is 0. The van der Waals surface area contributed by atoms with Gasteiger partial charge in [0, 0.05) is 13.2 Å². The first-order chi connectivity index (χ1) is 6.34. The third kappa shape index (κ3) is 3.20. The van der Waals surface area contributed by atoms with Crippen molar-refractivity contribution in [2.75, 3.05) is 13.2 Å². The predicted molar refractivity (Wildman–Crippen MR) is 45.0 cm³/mol. The minimum Gasteiger partial charge on any atom is -0.396 e. The highest BCUT2D eigenvalue weighted by molar-refractivity contribution is 5.91. The van der Waals surface area contributed by atoms with Crippen LogP contribution in [0.1, 0.15) is 23.3 Å². The number of aliphatic hydroxyl groups excluding tert-OH is 1. The molecule has 0 spiro atoms. The normalized spacial score (nSPS) is 9.92. The van der Waals surface area contributed by atoms with Gasteiger partial charge in [-0.15, -0.1) is 0 Å². The molecular weight excluding hydrogens is 172 g/mol. The number of nitrogens with one attached hydrogen (secondary N) is 2. The Kier molecular flexibility index (Phi) is 3.90. The van der Waals surface area contributed by atoms with Crippen LogP contribution in [0.4, 0.5) is 0 Å². The van der Waals surface area contributed by atoms with Crippen LogP contribution in [0.2, 0.25) is 0 Å². The standard InChI is InChI=1S/C7H12N4O2/c12-4-2-1-3-8-7(13)6-5-9-11-10-6/h5,12H,1-4H2,(H,8,13)(H,9,10,11). The first kappa shape index (κ1) is 9.66. The molecular formula is C7H12N4O2. The number of carbonyl (C=O) groups is 1. The van der Waals surface area contributed by atoms with Crippen LogP contribution in [-0.4, -0.2) is 39.6 Å². The molecule has 0 atom stereocenters. The SMILES string of the molecule is O=C(NCCCCO)c1cn[nH]n1. The van der Waals surface area contributed by atoms with Crippen LogP contribution in [0.15, 0.2) is 6.20 Å². The lowest BCUT2D eigenvalue weighted by atomic mass is 10.3. The van der Waals surface area contributed by atoms with Gasteiger partial charge in [-0.1, -0.05) is 0 Å². The second-order valence-corrected chi connectivity index (χ2v) is 2.54. The molecule has 1 aromatic rings. The van der Waals surface area contributed by atoms with Gasteiger partial charge < -0.3 is 10.4 Å². The Labute approximate surface area is 75.3 Å². The van der Waals surface area contributed by atoms with Crippen LogP contribution in [-0.2, 0) is 0 Å². The molecule has 0 aromatic carbocycles. The summed E-state index contributed by atoms with van der Waals surface area (Å²) in [6.45, 7) is 0.700. The van der Waals surface area contributed by atoms with Crippen molar-refractivity contribution in [1.29, 1.82) is 0 Å². The van der Waals surface area contributed by atoms with Crippen LogP contribution in [0.3, 0.4) is 0 Å². The lowest BCUT2D eigenvalue weighted by Crippen LogP contribution is -2.24. The highest BCUT2D eigenvalue weighted by atomic mass is 16.2. The van der Waals surface area contributed by atoms with E-state index in [1.165, 1.54) is 6.20 Å². The van der Waals surface area contributed by atoms with E-state index in [-0.39, 0.29) is 18.2 Å². The number of hydrogen-bond acceptors (Lipinski definition) is 4. The smallest absolute Gasteiger partial charge is 0.273 e. The van der Waals surface area contributed by atoms with Gasteiger partial charge in [-0.05, 0) is 12.8 Å². The number of carbonyl (C=O) groups excluding carboxylic acids is 1. The number of H-pyrrole nitrogens is 1. The first-order valence-electron chi connectivity index (χ1n) is 4.09. The third-order valence-corrected chi connectivity index (χ3v) is 1.52. The minimum atomic E-state index is -0.244. The number of hydrogen-bond donors (Lipinski definition) is 3. The summed E-state index contributed by atoms with van der Waals surface area (Å²) in [5.41, 5.74) is 0.281. The van der Waals surface area contributed by atoms with E-state index in [1.54, 1.807) is 0 Å². The zero-order chi connectivity index (χ0) is 9.52. The number of aromatic amines is 1. The number of aliphatic hydroxyl groups is 1. The number of aromatic nitrogens is 3. The monoisotopic (exact) mass is 184 g/mol. The highest BCUT2D eigenvalue weighted by Gasteiger charge is 2.06. The van der Waals surface area contributed by atoms with E-state index in [4.69, 9.17) is 5.11 Å². The van der Waals surface area contributed by atoms with Gasteiger partial charge in [0.1, 0.15) is 0 Å². The fourth-order valence-corrected chi connectivity index (χ4v) is 0.840. The molecule has 0 saturated carbocycles. The van der Waals surface area contributed by atoms with E-state index in [1.807, 2.05) is 0 Å². The Balaban J connectivity index is 2.19. The van der Waals surface area contributed by atoms with Crippen molar-refractivity contribution >= 4 is 5.91 Å². The maximum absolute atomic E-state index is 11.2. The van der Waals surface area contributed by atoms with Crippen LogP contribution < -0.4 is 5.32 Å². The van der Waals surface area contributed by atoms with Gasteiger partial charge in [0.2, 0.25) is 0 Å². The molecule has 1 heterocycles. The van der Waals surface area contributed by atoms with Gasteiger partial charge in [-0.2, -0.15) is 15.4 Å². The Morgan fingerprint density at radius 2 is 2.46 bits per heavy atom. The van der Waals surface area contributed by atoms with Crippen LogP contribution in [0.5, 0.6) is 0 Å². The summed E-state index contributed by atoms with van der Waals surface area (Å²) in [6.07, 6.45) is 2.82. The zero-order valence-electron chi connectivity index (χ0n) is 7.16. The maximum Gasteiger partial charge on any atom is 0.273 e. The van der Waals surface area contributed by atoms with Crippen molar-refractivity contribution in [2.24, 2.45) is 0 Å². The maximum atomic E-state index is 11.2. The first-order valence-corrected chi connectivity index (χ1v) is 4.09. The van der Waals surface area contributed by atoms with Gasteiger partial charge in [0.15, 0.2) is 5.69 Å². The Bertz CT molecular complexity index is 247. The molecule has 6 nitrogen and oxygen atoms in total. The molecule has 1 amide bonds. The molecule has 1 aromatic heterocycles. The topological polar surface area (TPSA) is 90.9 Å². The van der Waals surface area contributed by atoms with E-state index >= 15 is 0 Å². The van der Waals surface area contributed by atoms with Crippen molar-refractivity contribution in [3.63, 3.8) is 0 Å². The fourth-order valence-electron chi connectivity index (χ4n) is 0.840. The quantitative estimate of drug-likeness (QED) is 0.528. The lowest BCUT2D eigenvalue weighted by molar-refractivity contribution is 0.0947. The molecule has 0 fully saturated rings. The fraction of sp³-hybridized carbons (Fsp3) is 0.571. The van der Waals surface area contributed by atoms with Gasteiger partial charge in [-0.25, -0.2) is 0 Å². The van der Waals surface area contributed by atoms with E-state index in [9.17, 15) is 4.79 Å². The molecule has 1 rings (SSSR count). The summed E-state index contributed by atoms with van der Waals surface area (Å²) in [5.74, 6) is -0.244. The highest BCUT2D eigenvalue weighted by Crippen LogP contribution is 1.89. The second kappa shape index (κ2) is 5.26. The molecule has 0 aliphatic rings. The molecule has 0 aliphatic heterocycles. The Morgan fingerprint density at radius 3 is 3.08 bits per heavy atom. The molecule has 0 bridgehead atoms. The molecule has 3 N–H and O–H groups in total. The molecule has 0 unspecified atom stereocenters. The molecule has 0 aliphatic carbocycles. The van der Waals surface area contributed by atoms with Crippen molar-refractivity contribution in [1.82, 2.24) is 20.7 Å². The summed E-state index contributed by atoms with van der Waals surface area (Å²) in [6, 6.07) is 0. The summed E-state index contributed by atoms with van der Waals surface area (Å²) >= 11 is 0. The van der Waals surface area contributed by atoms with Gasteiger partial charge in [0.25, 0.3) is 5.91 Å². The number of amides is 1. The Hall–Kier alpha value is -1.43. The van der Waals surface area contributed by atoms with Gasteiger partial charge in [0.05, 0.1) is 6.20 Å². The van der Waals surface area contributed by atoms with Crippen molar-refractivity contribution in [3.8, 4) is 0 Å². The summed E-state index contributed by atoms with van der Waals surface area (Å²) in [5, 5.41) is 20.6. The van der Waals surface area contributed by atoms with Crippen molar-refractivity contribution < 1.29 is 9.90 Å².